The molecule has 128 valence electrons. The molecule has 1 aliphatic rings. The Hall–Kier alpha value is -1.56. The molecule has 1 aromatic carbocycles. The molecule has 0 amide bonds. The minimum Gasteiger partial charge on any atom is -0.396 e. The predicted molar refractivity (Wildman–Crippen MR) is 97.5 cm³/mol. The highest BCUT2D eigenvalue weighted by atomic mass is 32.1. The Kier molecular flexibility index (Phi) is 4.85. The van der Waals surface area contributed by atoms with Gasteiger partial charge in [-0.2, -0.15) is 0 Å². The van der Waals surface area contributed by atoms with Crippen molar-refractivity contribution in [1.29, 1.82) is 0 Å². The monoisotopic (exact) mass is 344 g/mol. The molecule has 0 bridgehead atoms. The van der Waals surface area contributed by atoms with E-state index in [0.717, 1.165) is 29.9 Å². The average Bonchev–Trinajstić information content (AvgIpc) is 2.53. The van der Waals surface area contributed by atoms with Crippen molar-refractivity contribution in [2.75, 3.05) is 6.61 Å². The summed E-state index contributed by atoms with van der Waals surface area (Å²) in [4.78, 5) is 4.70. The van der Waals surface area contributed by atoms with E-state index in [1.807, 2.05) is 0 Å². The highest BCUT2D eigenvalue weighted by Gasteiger charge is 2.30. The van der Waals surface area contributed by atoms with E-state index in [1.165, 1.54) is 11.3 Å². The highest BCUT2D eigenvalue weighted by Crippen LogP contribution is 2.31. The van der Waals surface area contributed by atoms with Crippen molar-refractivity contribution in [2.24, 2.45) is 0 Å². The minimum absolute atomic E-state index is 0.157. The third-order valence-corrected chi connectivity index (χ3v) is 4.78. The lowest BCUT2D eigenvalue weighted by Gasteiger charge is -2.34. The Labute approximate surface area is 148 Å². The Morgan fingerprint density at radius 2 is 2.00 bits per heavy atom. The van der Waals surface area contributed by atoms with Crippen LogP contribution < -0.4 is 0 Å². The fraction of sp³-hybridized carbons (Fsp3) is 0.474. The van der Waals surface area contributed by atoms with Crippen LogP contribution in [0.4, 0.5) is 0 Å². The number of aryl methyl sites for hydroxylation is 1. The first-order valence-corrected chi connectivity index (χ1v) is 8.76. The molecule has 4 nitrogen and oxygen atoms in total. The summed E-state index contributed by atoms with van der Waals surface area (Å²) in [7, 11) is 0. The molecule has 5 heteroatoms. The van der Waals surface area contributed by atoms with E-state index < -0.39 is 0 Å². The van der Waals surface area contributed by atoms with Crippen molar-refractivity contribution < 1.29 is 9.84 Å². The Morgan fingerprint density at radius 3 is 2.67 bits per heavy atom. The molecule has 1 aliphatic heterocycles. The lowest BCUT2D eigenvalue weighted by atomic mass is 9.95. The van der Waals surface area contributed by atoms with Crippen molar-refractivity contribution in [3.63, 3.8) is 0 Å². The summed E-state index contributed by atoms with van der Waals surface area (Å²) in [5.41, 5.74) is 4.25. The molecule has 2 heterocycles. The number of aliphatic hydroxyl groups excluding tert-OH is 1. The van der Waals surface area contributed by atoms with Crippen molar-refractivity contribution in [3.05, 3.63) is 45.7 Å². The van der Waals surface area contributed by atoms with Crippen LogP contribution in [0.15, 0.2) is 24.3 Å². The number of hydrogen-bond acceptors (Lipinski definition) is 4. The standard InChI is InChI=1S/C19H24N2O2S/c1-13-5-7-14(8-6-13)17-20-18(24)15-12-23-19(2,3)11-16(15)21(17)9-4-10-22/h5-8,22H,4,9-12H2,1-3H3. The second-order valence-electron chi connectivity index (χ2n) is 6.99. The van der Waals surface area contributed by atoms with Gasteiger partial charge in [0.2, 0.25) is 0 Å². The van der Waals surface area contributed by atoms with Crippen LogP contribution in [0.2, 0.25) is 0 Å². The number of aliphatic hydroxyl groups is 1. The maximum atomic E-state index is 9.31. The number of aromatic nitrogens is 2. The quantitative estimate of drug-likeness (QED) is 0.857. The maximum Gasteiger partial charge on any atom is 0.141 e. The number of fused-ring (bicyclic) bond motifs is 1. The molecule has 2 aromatic rings. The molecule has 0 spiro atoms. The van der Waals surface area contributed by atoms with Crippen LogP contribution in [0.3, 0.4) is 0 Å². The van der Waals surface area contributed by atoms with Gasteiger partial charge in [-0.1, -0.05) is 42.0 Å². The Balaban J connectivity index is 2.19. The summed E-state index contributed by atoms with van der Waals surface area (Å²) in [6.07, 6.45) is 1.48. The van der Waals surface area contributed by atoms with E-state index >= 15 is 0 Å². The summed E-state index contributed by atoms with van der Waals surface area (Å²) < 4.78 is 8.76. The topological polar surface area (TPSA) is 47.3 Å². The number of benzene rings is 1. The minimum atomic E-state index is -0.221. The summed E-state index contributed by atoms with van der Waals surface area (Å²) in [5.74, 6) is 0.880. The third kappa shape index (κ3) is 3.43. The van der Waals surface area contributed by atoms with Gasteiger partial charge in [0, 0.05) is 36.4 Å². The SMILES string of the molecule is Cc1ccc(-c2nc(=S)c3c(n2CCCO)CC(C)(C)OC3)cc1. The zero-order chi connectivity index (χ0) is 17.3. The molecule has 0 unspecified atom stereocenters. The molecule has 0 aliphatic carbocycles. The van der Waals surface area contributed by atoms with Gasteiger partial charge in [-0.3, -0.25) is 0 Å². The normalized spacial score (nSPS) is 16.0. The number of nitrogens with zero attached hydrogens (tertiary/aromatic N) is 2. The second kappa shape index (κ2) is 6.75. The van der Waals surface area contributed by atoms with E-state index in [4.69, 9.17) is 21.9 Å². The van der Waals surface area contributed by atoms with Gasteiger partial charge < -0.3 is 14.4 Å². The fourth-order valence-electron chi connectivity index (χ4n) is 3.10. The Bertz CT molecular complexity index is 794. The maximum absolute atomic E-state index is 9.31. The van der Waals surface area contributed by atoms with E-state index in [2.05, 4.69) is 49.6 Å². The first-order valence-electron chi connectivity index (χ1n) is 8.36. The lowest BCUT2D eigenvalue weighted by molar-refractivity contribution is -0.0428. The first kappa shape index (κ1) is 17.3. The van der Waals surface area contributed by atoms with E-state index in [0.29, 0.717) is 17.7 Å². The van der Waals surface area contributed by atoms with Gasteiger partial charge in [-0.05, 0) is 27.2 Å². The van der Waals surface area contributed by atoms with Gasteiger partial charge >= 0.3 is 0 Å². The summed E-state index contributed by atoms with van der Waals surface area (Å²) in [6.45, 7) is 7.65. The molecule has 0 atom stereocenters. The summed E-state index contributed by atoms with van der Waals surface area (Å²) >= 11 is 5.55. The Morgan fingerprint density at radius 1 is 1.29 bits per heavy atom. The molecule has 3 rings (SSSR count). The lowest BCUT2D eigenvalue weighted by Crippen LogP contribution is -2.35. The van der Waals surface area contributed by atoms with Gasteiger partial charge in [0.05, 0.1) is 12.2 Å². The molecular formula is C19H24N2O2S. The molecule has 24 heavy (non-hydrogen) atoms. The van der Waals surface area contributed by atoms with Gasteiger partial charge in [0.1, 0.15) is 10.5 Å². The van der Waals surface area contributed by atoms with Crippen molar-refractivity contribution in [3.8, 4) is 11.4 Å². The van der Waals surface area contributed by atoms with Gasteiger partial charge in [0.15, 0.2) is 0 Å². The van der Waals surface area contributed by atoms with E-state index in [1.54, 1.807) is 0 Å². The van der Waals surface area contributed by atoms with Crippen LogP contribution in [-0.4, -0.2) is 26.9 Å². The number of hydrogen-bond donors (Lipinski definition) is 1. The fourth-order valence-corrected chi connectivity index (χ4v) is 3.36. The number of rotatable bonds is 4. The molecule has 1 N–H and O–H groups in total. The average molecular weight is 344 g/mol. The van der Waals surface area contributed by atoms with Crippen LogP contribution in [0.1, 0.15) is 37.1 Å². The molecular weight excluding hydrogens is 320 g/mol. The van der Waals surface area contributed by atoms with Gasteiger partial charge in [0.25, 0.3) is 0 Å². The zero-order valence-electron chi connectivity index (χ0n) is 14.5. The van der Waals surface area contributed by atoms with Gasteiger partial charge in [-0.15, -0.1) is 0 Å². The van der Waals surface area contributed by atoms with E-state index in [9.17, 15) is 5.11 Å². The van der Waals surface area contributed by atoms with E-state index in [-0.39, 0.29) is 12.2 Å². The first-order chi connectivity index (χ1) is 11.4. The molecule has 0 fully saturated rings. The predicted octanol–water partition coefficient (Wildman–Crippen LogP) is 3.82. The van der Waals surface area contributed by atoms with Crippen LogP contribution in [0.5, 0.6) is 0 Å². The summed E-state index contributed by atoms with van der Waals surface area (Å²) in [6, 6.07) is 8.34. The molecule has 0 saturated heterocycles. The zero-order valence-corrected chi connectivity index (χ0v) is 15.3. The van der Waals surface area contributed by atoms with Crippen LogP contribution in [-0.2, 0) is 24.3 Å². The highest BCUT2D eigenvalue weighted by molar-refractivity contribution is 7.71. The van der Waals surface area contributed by atoms with Crippen LogP contribution in [0.25, 0.3) is 11.4 Å². The van der Waals surface area contributed by atoms with Crippen LogP contribution in [0, 0.1) is 11.6 Å². The molecule has 0 saturated carbocycles. The van der Waals surface area contributed by atoms with Crippen molar-refractivity contribution in [1.82, 2.24) is 9.55 Å². The smallest absolute Gasteiger partial charge is 0.141 e. The van der Waals surface area contributed by atoms with Gasteiger partial charge in [-0.25, -0.2) is 4.98 Å². The van der Waals surface area contributed by atoms with Crippen molar-refractivity contribution >= 4 is 12.2 Å². The van der Waals surface area contributed by atoms with Crippen molar-refractivity contribution in [2.45, 2.75) is 52.4 Å². The third-order valence-electron chi connectivity index (χ3n) is 4.45. The second-order valence-corrected chi connectivity index (χ2v) is 7.37. The molecule has 1 aromatic heterocycles. The van der Waals surface area contributed by atoms with Crippen LogP contribution >= 0.6 is 12.2 Å². The molecule has 0 radical (unpaired) electrons. The largest absolute Gasteiger partial charge is 0.396 e. The summed E-state index contributed by atoms with van der Waals surface area (Å²) in [5, 5.41) is 9.31. The number of ether oxygens (including phenoxy) is 1.